The molecule has 4 aliphatic carbocycles. The molecule has 0 radical (unpaired) electrons. The summed E-state index contributed by atoms with van der Waals surface area (Å²) in [6.45, 7) is 4.72. The third-order valence-corrected chi connectivity index (χ3v) is 10.4. The van der Waals surface area contributed by atoms with Gasteiger partial charge in [0.25, 0.3) is 0 Å². The standard InChI is InChI=1S/C10H15N.C10H12.W/c11-10-4-7-1-8(5-10)3-9(2-7)6-10;1-10(2,3)9-7-5-4-6-8-9;/h7-9H,1-6H2;1,4-8H,2-3H3;. The van der Waals surface area contributed by atoms with Gasteiger partial charge in [-0.15, -0.1) is 0 Å². The van der Waals surface area contributed by atoms with E-state index in [9.17, 15) is 0 Å². The molecule has 0 spiro atoms. The van der Waals surface area contributed by atoms with Gasteiger partial charge in [-0.25, -0.2) is 0 Å². The molecule has 4 saturated carbocycles. The van der Waals surface area contributed by atoms with Gasteiger partial charge in [-0.2, -0.15) is 0 Å². The number of hydrogen-bond donors (Lipinski definition) is 0. The summed E-state index contributed by atoms with van der Waals surface area (Å²) < 4.78 is 8.04. The van der Waals surface area contributed by atoms with Crippen molar-refractivity contribution in [3.63, 3.8) is 0 Å². The first-order valence-corrected chi connectivity index (χ1v) is 11.8. The van der Waals surface area contributed by atoms with Gasteiger partial charge in [0.1, 0.15) is 0 Å². The van der Waals surface area contributed by atoms with E-state index in [-0.39, 0.29) is 5.41 Å². The Kier molecular flexibility index (Phi) is 3.84. The van der Waals surface area contributed by atoms with Crippen molar-refractivity contribution >= 4 is 4.40 Å². The maximum atomic E-state index is 5.44. The van der Waals surface area contributed by atoms with Crippen molar-refractivity contribution in [3.8, 4) is 0 Å². The normalized spacial score (nSPS) is 36.2. The van der Waals surface area contributed by atoms with Crippen molar-refractivity contribution in [2.24, 2.45) is 21.2 Å². The molecule has 1 nitrogen and oxygen atoms in total. The molecule has 4 aliphatic rings. The van der Waals surface area contributed by atoms with E-state index in [1.54, 1.807) is 0 Å². The van der Waals surface area contributed by atoms with Crippen LogP contribution in [0.15, 0.2) is 33.8 Å². The van der Waals surface area contributed by atoms with Gasteiger partial charge >= 0.3 is 143 Å². The predicted octanol–water partition coefficient (Wildman–Crippen LogP) is 5.00. The molecular weight excluding hydrogens is 438 g/mol. The van der Waals surface area contributed by atoms with Crippen LogP contribution in [0, 0.1) is 17.8 Å². The van der Waals surface area contributed by atoms with Gasteiger partial charge in [-0.1, -0.05) is 0 Å². The first-order valence-electron chi connectivity index (χ1n) is 8.83. The van der Waals surface area contributed by atoms with E-state index in [1.165, 1.54) is 44.1 Å². The molecule has 0 atom stereocenters. The van der Waals surface area contributed by atoms with Crippen LogP contribution in [-0.4, -0.2) is 9.94 Å². The molecule has 0 saturated heterocycles. The van der Waals surface area contributed by atoms with Crippen LogP contribution in [0.2, 0.25) is 0 Å². The summed E-state index contributed by atoms with van der Waals surface area (Å²) in [6, 6.07) is 11.0. The Labute approximate surface area is 142 Å². The molecule has 1 aromatic rings. The van der Waals surface area contributed by atoms with Crippen LogP contribution in [0.1, 0.15) is 57.9 Å². The van der Waals surface area contributed by atoms with Gasteiger partial charge in [0, 0.05) is 0 Å². The minimum atomic E-state index is -0.713. The van der Waals surface area contributed by atoms with Gasteiger partial charge in [0.05, 0.1) is 0 Å². The number of rotatable bonds is 3. The van der Waals surface area contributed by atoms with E-state index in [4.69, 9.17) is 3.50 Å². The van der Waals surface area contributed by atoms with Crippen LogP contribution < -0.4 is 0 Å². The van der Waals surface area contributed by atoms with Crippen molar-refractivity contribution in [1.29, 1.82) is 0 Å². The predicted molar refractivity (Wildman–Crippen MR) is 88.9 cm³/mol. The zero-order valence-electron chi connectivity index (χ0n) is 13.8. The molecule has 4 bridgehead atoms. The Morgan fingerprint density at radius 2 is 1.55 bits per heavy atom. The van der Waals surface area contributed by atoms with Crippen LogP contribution in [0.4, 0.5) is 0 Å². The van der Waals surface area contributed by atoms with Gasteiger partial charge in [-0.05, 0) is 0 Å². The van der Waals surface area contributed by atoms with Crippen LogP contribution in [0.25, 0.3) is 0 Å². The van der Waals surface area contributed by atoms with E-state index < -0.39 is 17.9 Å². The average molecular weight is 465 g/mol. The molecule has 0 amide bonds. The summed E-state index contributed by atoms with van der Waals surface area (Å²) in [6.07, 6.45) is 8.87. The third-order valence-electron chi connectivity index (χ3n) is 6.12. The molecule has 22 heavy (non-hydrogen) atoms. The van der Waals surface area contributed by atoms with Gasteiger partial charge < -0.3 is 0 Å². The molecule has 4 fully saturated rings. The Morgan fingerprint density at radius 3 is 2.09 bits per heavy atom. The first-order chi connectivity index (χ1) is 10.5. The molecule has 0 N–H and O–H groups in total. The van der Waals surface area contributed by atoms with Crippen molar-refractivity contribution in [2.75, 3.05) is 0 Å². The number of hydrogen-bond acceptors (Lipinski definition) is 1. The molecule has 0 aromatic heterocycles. The summed E-state index contributed by atoms with van der Waals surface area (Å²) in [7, 11) is 0. The van der Waals surface area contributed by atoms with Crippen LogP contribution in [-0.2, 0) is 23.3 Å². The number of nitrogens with zero attached hydrogens (tertiary/aromatic N) is 1. The molecule has 2 heteroatoms. The van der Waals surface area contributed by atoms with Crippen LogP contribution in [0.3, 0.4) is 0 Å². The van der Waals surface area contributed by atoms with Gasteiger partial charge in [-0.3, -0.25) is 0 Å². The first kappa shape index (κ1) is 15.1. The van der Waals surface area contributed by atoms with E-state index >= 15 is 0 Å². The summed E-state index contributed by atoms with van der Waals surface area (Å²) >= 11 is -0.713. The zero-order chi connectivity index (χ0) is 15.2. The fourth-order valence-corrected chi connectivity index (χ4v) is 8.61. The van der Waals surface area contributed by atoms with E-state index in [0.29, 0.717) is 5.54 Å². The summed E-state index contributed by atoms with van der Waals surface area (Å²) in [5, 5.41) is 0. The Balaban J connectivity index is 1.56. The summed E-state index contributed by atoms with van der Waals surface area (Å²) in [5.74, 6) is 3.07. The maximum absolute atomic E-state index is 5.44. The molecule has 0 heterocycles. The molecule has 5 rings (SSSR count). The second-order valence-corrected chi connectivity index (χ2v) is 10.8. The van der Waals surface area contributed by atoms with Gasteiger partial charge in [0.2, 0.25) is 0 Å². The minimum absolute atomic E-state index is 0.192. The van der Waals surface area contributed by atoms with E-state index in [0.717, 1.165) is 17.8 Å². The van der Waals surface area contributed by atoms with Crippen molar-refractivity contribution in [1.82, 2.24) is 0 Å². The van der Waals surface area contributed by atoms with Crippen molar-refractivity contribution in [3.05, 3.63) is 35.9 Å². The summed E-state index contributed by atoms with van der Waals surface area (Å²) in [5.41, 5.74) is 2.07. The Hall–Kier alpha value is -0.422. The van der Waals surface area contributed by atoms with Crippen molar-refractivity contribution < 1.29 is 17.9 Å². The Morgan fingerprint density at radius 1 is 1.00 bits per heavy atom. The molecule has 118 valence electrons. The second-order valence-electron chi connectivity index (χ2n) is 8.54. The monoisotopic (exact) mass is 465 g/mol. The molecule has 1 aromatic carbocycles. The average Bonchev–Trinajstić information content (AvgIpc) is 2.46. The molecule has 0 unspecified atom stereocenters. The SMILES string of the molecule is CC(C)([CH]=[W]=[N]C12CC3CC(CC(C3)C1)C2)c1ccccc1. The topological polar surface area (TPSA) is 12.4 Å². The van der Waals surface area contributed by atoms with Crippen LogP contribution in [0.5, 0.6) is 0 Å². The third kappa shape index (κ3) is 2.86. The zero-order valence-corrected chi connectivity index (χ0v) is 16.7. The van der Waals surface area contributed by atoms with E-state index in [1.807, 2.05) is 0 Å². The quantitative estimate of drug-likeness (QED) is 0.596. The number of benzene rings is 1. The fourth-order valence-electron chi connectivity index (χ4n) is 5.38. The summed E-state index contributed by atoms with van der Waals surface area (Å²) in [4.78, 5) is 0. The van der Waals surface area contributed by atoms with Gasteiger partial charge in [0.15, 0.2) is 0 Å². The molecular formula is C20H27NW. The second kappa shape index (κ2) is 5.59. The Bertz CT molecular complexity index is 575. The van der Waals surface area contributed by atoms with Crippen LogP contribution >= 0.6 is 0 Å². The fraction of sp³-hybridized carbons (Fsp3) is 0.650. The van der Waals surface area contributed by atoms with Crippen molar-refractivity contribution in [2.45, 2.75) is 63.3 Å². The molecule has 0 aliphatic heterocycles. The van der Waals surface area contributed by atoms with E-state index in [2.05, 4.69) is 48.6 Å².